The average molecular weight is 295 g/mol. The van der Waals surface area contributed by atoms with E-state index in [1.807, 2.05) is 0 Å². The molecule has 2 heterocycles. The predicted molar refractivity (Wildman–Crippen MR) is 72.6 cm³/mol. The first-order valence-corrected chi connectivity index (χ1v) is 6.17. The van der Waals surface area contributed by atoms with E-state index in [1.165, 1.54) is 12.3 Å². The minimum atomic E-state index is -4.38. The van der Waals surface area contributed by atoms with E-state index in [4.69, 9.17) is 10.3 Å². The van der Waals surface area contributed by atoms with Crippen molar-refractivity contribution in [3.05, 3.63) is 35.7 Å². The Bertz CT molecular complexity index is 830. The van der Waals surface area contributed by atoms with Gasteiger partial charge in [0.25, 0.3) is 0 Å². The smallest absolute Gasteiger partial charge is 0.394 e. The molecule has 7 heteroatoms. The van der Waals surface area contributed by atoms with Gasteiger partial charge in [0.2, 0.25) is 0 Å². The number of nitrogens with two attached hydrogens (primary N) is 1. The summed E-state index contributed by atoms with van der Waals surface area (Å²) in [6.07, 6.45) is -3.00. The third-order valence-corrected chi connectivity index (χ3v) is 3.65. The van der Waals surface area contributed by atoms with E-state index < -0.39 is 11.7 Å². The number of fused-ring (bicyclic) bond motifs is 1. The summed E-state index contributed by atoms with van der Waals surface area (Å²) >= 11 is 0. The maximum atomic E-state index is 12.8. The van der Waals surface area contributed by atoms with Crippen LogP contribution in [0.25, 0.3) is 22.2 Å². The molecule has 21 heavy (non-hydrogen) atoms. The highest BCUT2D eigenvalue weighted by Gasteiger charge is 2.31. The fourth-order valence-electron chi connectivity index (χ4n) is 2.46. The molecule has 0 saturated heterocycles. The highest BCUT2D eigenvalue weighted by atomic mass is 19.4. The Morgan fingerprint density at radius 3 is 2.57 bits per heavy atom. The van der Waals surface area contributed by atoms with Crippen LogP contribution in [0.2, 0.25) is 0 Å². The van der Waals surface area contributed by atoms with Crippen LogP contribution in [-0.2, 0) is 13.2 Å². The first kappa shape index (κ1) is 13.5. The molecule has 2 aromatic heterocycles. The van der Waals surface area contributed by atoms with Crippen LogP contribution < -0.4 is 5.73 Å². The lowest BCUT2D eigenvalue weighted by atomic mass is 10.1. The van der Waals surface area contributed by atoms with Crippen molar-refractivity contribution < 1.29 is 17.7 Å². The van der Waals surface area contributed by atoms with Crippen molar-refractivity contribution in [2.24, 2.45) is 7.05 Å². The van der Waals surface area contributed by atoms with Crippen LogP contribution in [0.4, 0.5) is 18.9 Å². The molecule has 4 nitrogen and oxygen atoms in total. The fraction of sp³-hybridized carbons (Fsp3) is 0.214. The molecule has 2 N–H and O–H groups in total. The van der Waals surface area contributed by atoms with Crippen molar-refractivity contribution in [1.82, 2.24) is 9.72 Å². The highest BCUT2D eigenvalue weighted by Crippen LogP contribution is 2.39. The van der Waals surface area contributed by atoms with Gasteiger partial charge in [0, 0.05) is 23.6 Å². The van der Waals surface area contributed by atoms with Gasteiger partial charge in [-0.3, -0.25) is 0 Å². The molecule has 3 rings (SSSR count). The summed E-state index contributed by atoms with van der Waals surface area (Å²) in [5, 5.41) is 4.27. The largest absolute Gasteiger partial charge is 0.416 e. The second-order valence-electron chi connectivity index (χ2n) is 4.86. The van der Waals surface area contributed by atoms with Gasteiger partial charge in [-0.1, -0.05) is 11.2 Å². The monoisotopic (exact) mass is 295 g/mol. The van der Waals surface area contributed by atoms with Gasteiger partial charge in [0.1, 0.15) is 5.69 Å². The molecule has 0 saturated carbocycles. The zero-order valence-electron chi connectivity index (χ0n) is 11.3. The Morgan fingerprint density at radius 2 is 2.00 bits per heavy atom. The first-order chi connectivity index (χ1) is 9.80. The minimum Gasteiger partial charge on any atom is -0.394 e. The van der Waals surface area contributed by atoms with Crippen molar-refractivity contribution >= 4 is 16.6 Å². The van der Waals surface area contributed by atoms with Gasteiger partial charge in [-0.15, -0.1) is 0 Å². The summed E-state index contributed by atoms with van der Waals surface area (Å²) in [6, 6.07) is 3.61. The van der Waals surface area contributed by atoms with Crippen molar-refractivity contribution in [3.63, 3.8) is 0 Å². The zero-order valence-corrected chi connectivity index (χ0v) is 11.3. The molecule has 0 aliphatic heterocycles. The molecular formula is C14H12F3N3O. The maximum absolute atomic E-state index is 12.8. The molecule has 3 aromatic rings. The second kappa shape index (κ2) is 4.28. The minimum absolute atomic E-state index is 0.352. The Kier molecular flexibility index (Phi) is 2.76. The van der Waals surface area contributed by atoms with Crippen LogP contribution in [-0.4, -0.2) is 9.72 Å². The van der Waals surface area contributed by atoms with Crippen LogP contribution in [0.1, 0.15) is 11.3 Å². The highest BCUT2D eigenvalue weighted by molar-refractivity contribution is 5.99. The number of anilines is 1. The predicted octanol–water partition coefficient (Wildman–Crippen LogP) is 3.74. The van der Waals surface area contributed by atoms with Gasteiger partial charge in [0.15, 0.2) is 5.76 Å². The van der Waals surface area contributed by atoms with E-state index in [0.717, 1.165) is 17.8 Å². The SMILES string of the molecule is Cc1c(-c2oncc2N)c2ccc(C(F)(F)F)cc2n1C. The molecule has 0 aliphatic rings. The molecule has 1 aromatic carbocycles. The maximum Gasteiger partial charge on any atom is 0.416 e. The van der Waals surface area contributed by atoms with Crippen LogP contribution >= 0.6 is 0 Å². The molecule has 0 spiro atoms. The number of alkyl halides is 3. The van der Waals surface area contributed by atoms with E-state index in [1.54, 1.807) is 18.5 Å². The third-order valence-electron chi connectivity index (χ3n) is 3.65. The lowest BCUT2D eigenvalue weighted by molar-refractivity contribution is -0.137. The molecule has 0 radical (unpaired) electrons. The Morgan fingerprint density at radius 1 is 1.29 bits per heavy atom. The first-order valence-electron chi connectivity index (χ1n) is 6.17. The Labute approximate surface area is 117 Å². The number of rotatable bonds is 1. The number of halogens is 3. The summed E-state index contributed by atoms with van der Waals surface area (Å²) in [6.45, 7) is 1.80. The van der Waals surface area contributed by atoms with E-state index >= 15 is 0 Å². The zero-order chi connectivity index (χ0) is 15.4. The molecule has 0 amide bonds. The summed E-state index contributed by atoms with van der Waals surface area (Å²) in [7, 11) is 1.70. The molecule has 0 aliphatic carbocycles. The van der Waals surface area contributed by atoms with Gasteiger partial charge < -0.3 is 14.8 Å². The Balaban J connectivity index is 2.34. The number of benzene rings is 1. The molecule has 0 atom stereocenters. The standard InChI is InChI=1S/C14H12F3N3O/c1-7-12(13-10(18)6-19-21-13)9-4-3-8(14(15,16)17)5-11(9)20(7)2/h3-6H,18H2,1-2H3. The molecule has 0 unspecified atom stereocenters. The van der Waals surface area contributed by atoms with E-state index in [9.17, 15) is 13.2 Å². The second-order valence-corrected chi connectivity index (χ2v) is 4.86. The lowest BCUT2D eigenvalue weighted by Gasteiger charge is -2.07. The number of aromatic nitrogens is 2. The summed E-state index contributed by atoms with van der Waals surface area (Å²) in [5.74, 6) is 0.373. The normalized spacial score (nSPS) is 12.2. The van der Waals surface area contributed by atoms with Crippen LogP contribution in [0, 0.1) is 6.92 Å². The van der Waals surface area contributed by atoms with Gasteiger partial charge in [-0.2, -0.15) is 13.2 Å². The van der Waals surface area contributed by atoms with Gasteiger partial charge in [0.05, 0.1) is 17.3 Å². The van der Waals surface area contributed by atoms with Crippen molar-refractivity contribution in [2.75, 3.05) is 5.73 Å². The number of hydrogen-bond donors (Lipinski definition) is 1. The quantitative estimate of drug-likeness (QED) is 0.744. The number of hydrogen-bond acceptors (Lipinski definition) is 3. The van der Waals surface area contributed by atoms with Crippen molar-refractivity contribution in [1.29, 1.82) is 0 Å². The van der Waals surface area contributed by atoms with E-state index in [2.05, 4.69) is 5.16 Å². The molecule has 0 fully saturated rings. The molecule has 110 valence electrons. The molecule has 0 bridgehead atoms. The lowest BCUT2D eigenvalue weighted by Crippen LogP contribution is -2.04. The van der Waals surface area contributed by atoms with E-state index in [0.29, 0.717) is 27.9 Å². The third kappa shape index (κ3) is 1.96. The molecular weight excluding hydrogens is 283 g/mol. The van der Waals surface area contributed by atoms with Gasteiger partial charge >= 0.3 is 6.18 Å². The topological polar surface area (TPSA) is 57.0 Å². The van der Waals surface area contributed by atoms with Gasteiger partial charge in [-0.05, 0) is 19.1 Å². The fourth-order valence-corrected chi connectivity index (χ4v) is 2.46. The van der Waals surface area contributed by atoms with Crippen molar-refractivity contribution in [3.8, 4) is 11.3 Å². The number of nitrogens with zero attached hydrogens (tertiary/aromatic N) is 2. The summed E-state index contributed by atoms with van der Waals surface area (Å²) in [5.41, 5.74) is 7.35. The van der Waals surface area contributed by atoms with Crippen LogP contribution in [0.5, 0.6) is 0 Å². The summed E-state index contributed by atoms with van der Waals surface area (Å²) in [4.78, 5) is 0. The number of aryl methyl sites for hydroxylation is 1. The average Bonchev–Trinajstić information content (AvgIpc) is 2.92. The van der Waals surface area contributed by atoms with Crippen molar-refractivity contribution in [2.45, 2.75) is 13.1 Å². The van der Waals surface area contributed by atoms with E-state index in [-0.39, 0.29) is 0 Å². The summed E-state index contributed by atoms with van der Waals surface area (Å²) < 4.78 is 45.3. The van der Waals surface area contributed by atoms with Crippen LogP contribution in [0.3, 0.4) is 0 Å². The Hall–Kier alpha value is -2.44. The number of nitrogen functional groups attached to an aromatic ring is 1. The van der Waals surface area contributed by atoms with Gasteiger partial charge in [-0.25, -0.2) is 0 Å². The van der Waals surface area contributed by atoms with Crippen LogP contribution in [0.15, 0.2) is 28.9 Å².